The van der Waals surface area contributed by atoms with Gasteiger partial charge in [-0.15, -0.1) is 0 Å². The Hall–Kier alpha value is -1.09. The first-order valence-corrected chi connectivity index (χ1v) is 3.23. The zero-order valence-electron chi connectivity index (χ0n) is 6.72. The smallest absolute Gasteiger partial charge is 0.246 e. The summed E-state index contributed by atoms with van der Waals surface area (Å²) in [6.45, 7) is 9.51. The quantitative estimate of drug-likeness (QED) is 0.467. The molecule has 3 nitrogen and oxygen atoms in total. The maximum atomic E-state index is 10.4. The highest BCUT2D eigenvalue weighted by Gasteiger charge is 1.99. The molecule has 0 atom stereocenters. The van der Waals surface area contributed by atoms with E-state index in [9.17, 15) is 4.79 Å². The molecule has 0 aliphatic rings. The molecule has 0 spiro atoms. The third kappa shape index (κ3) is 5.36. The van der Waals surface area contributed by atoms with Crippen molar-refractivity contribution in [3.63, 3.8) is 0 Å². The van der Waals surface area contributed by atoms with Crippen LogP contribution in [0.15, 0.2) is 24.3 Å². The second-order valence-corrected chi connectivity index (χ2v) is 2.42. The Morgan fingerprint density at radius 2 is 2.00 bits per heavy atom. The normalized spacial score (nSPS) is 9.18. The van der Waals surface area contributed by atoms with Crippen LogP contribution in [0.1, 0.15) is 6.92 Å². The van der Waals surface area contributed by atoms with Gasteiger partial charge in [-0.05, 0) is 6.92 Å². The zero-order valence-corrected chi connectivity index (χ0v) is 6.72. The Morgan fingerprint density at radius 3 is 2.36 bits per heavy atom. The summed E-state index contributed by atoms with van der Waals surface area (Å²) in [7, 11) is 0. The first-order valence-electron chi connectivity index (χ1n) is 3.23. The monoisotopic (exact) mass is 155 g/mol. The number of nitrogens with two attached hydrogens (primary N) is 1. The van der Waals surface area contributed by atoms with Crippen molar-refractivity contribution in [2.24, 2.45) is 5.73 Å². The molecule has 1 amide bonds. The van der Waals surface area contributed by atoms with Gasteiger partial charge < -0.3 is 10.5 Å². The average Bonchev–Trinajstić information content (AvgIpc) is 1.86. The van der Waals surface area contributed by atoms with E-state index >= 15 is 0 Å². The molecule has 0 aromatic rings. The lowest BCUT2D eigenvalue weighted by atomic mass is 10.3. The van der Waals surface area contributed by atoms with E-state index in [1.165, 1.54) is 0 Å². The fourth-order valence-electron chi connectivity index (χ4n) is 0.420. The molecule has 0 aliphatic heterocycles. The number of hydrogen-bond donors (Lipinski definition) is 1. The molecule has 3 heteroatoms. The van der Waals surface area contributed by atoms with E-state index in [1.807, 2.05) is 6.92 Å². The van der Waals surface area contributed by atoms with Crippen molar-refractivity contribution < 1.29 is 9.53 Å². The van der Waals surface area contributed by atoms with Gasteiger partial charge in [-0.1, -0.05) is 18.7 Å². The van der Waals surface area contributed by atoms with Gasteiger partial charge in [0.05, 0.1) is 13.2 Å². The molecule has 2 N–H and O–H groups in total. The molecule has 0 bridgehead atoms. The summed E-state index contributed by atoms with van der Waals surface area (Å²) >= 11 is 0. The maximum absolute atomic E-state index is 10.4. The van der Waals surface area contributed by atoms with E-state index in [4.69, 9.17) is 10.5 Å². The maximum Gasteiger partial charge on any atom is 0.246 e. The molecule has 0 fully saturated rings. The van der Waals surface area contributed by atoms with Gasteiger partial charge >= 0.3 is 0 Å². The third-order valence-corrected chi connectivity index (χ3v) is 0.973. The first-order chi connectivity index (χ1) is 5.04. The van der Waals surface area contributed by atoms with Crippen LogP contribution in [0.25, 0.3) is 0 Å². The van der Waals surface area contributed by atoms with Gasteiger partial charge in [0.15, 0.2) is 0 Å². The Balaban J connectivity index is 3.47. The summed E-state index contributed by atoms with van der Waals surface area (Å²) in [4.78, 5) is 10.4. The number of primary amides is 1. The second-order valence-electron chi connectivity index (χ2n) is 2.42. The lowest BCUT2D eigenvalue weighted by Crippen LogP contribution is -2.17. The Kier molecular flexibility index (Phi) is 4.22. The minimum Gasteiger partial charge on any atom is -0.372 e. The van der Waals surface area contributed by atoms with Gasteiger partial charge in [0.2, 0.25) is 5.91 Å². The molecule has 0 saturated carbocycles. The molecule has 0 aromatic heterocycles. The van der Waals surface area contributed by atoms with Gasteiger partial charge in [-0.2, -0.15) is 0 Å². The fraction of sp³-hybridized carbons (Fsp3) is 0.375. The standard InChI is InChI=1S/C8H13NO2/c1-6(2)4-11-5-7(3)8(9)10/h1,3-5H2,2H3,(H2,9,10). The summed E-state index contributed by atoms with van der Waals surface area (Å²) < 4.78 is 5.02. The molecular formula is C8H13NO2. The summed E-state index contributed by atoms with van der Waals surface area (Å²) in [6, 6.07) is 0. The molecule has 0 aromatic carbocycles. The van der Waals surface area contributed by atoms with Crippen molar-refractivity contribution in [2.75, 3.05) is 13.2 Å². The largest absolute Gasteiger partial charge is 0.372 e. The van der Waals surface area contributed by atoms with Crippen LogP contribution in [0.3, 0.4) is 0 Å². The van der Waals surface area contributed by atoms with E-state index in [2.05, 4.69) is 13.2 Å². The highest BCUT2D eigenvalue weighted by molar-refractivity contribution is 5.91. The molecule has 0 heterocycles. The number of rotatable bonds is 5. The van der Waals surface area contributed by atoms with Gasteiger partial charge in [0, 0.05) is 5.57 Å². The number of hydrogen-bond acceptors (Lipinski definition) is 2. The number of amides is 1. The minimum atomic E-state index is -0.522. The van der Waals surface area contributed by atoms with Crippen molar-refractivity contribution in [1.82, 2.24) is 0 Å². The minimum absolute atomic E-state index is 0.183. The topological polar surface area (TPSA) is 52.3 Å². The predicted molar refractivity (Wildman–Crippen MR) is 44.0 cm³/mol. The predicted octanol–water partition coefficient (Wildman–Crippen LogP) is 0.621. The van der Waals surface area contributed by atoms with Gasteiger partial charge in [0.1, 0.15) is 0 Å². The number of carbonyl (C=O) groups excluding carboxylic acids is 1. The summed E-state index contributed by atoms with van der Waals surface area (Å²) in [5, 5.41) is 0. The first kappa shape index (κ1) is 9.91. The Labute approximate surface area is 66.5 Å². The molecule has 62 valence electrons. The van der Waals surface area contributed by atoms with Gasteiger partial charge in [-0.25, -0.2) is 0 Å². The Bertz CT molecular complexity index is 185. The molecule has 0 rings (SSSR count). The molecule has 0 aliphatic carbocycles. The highest BCUT2D eigenvalue weighted by atomic mass is 16.5. The van der Waals surface area contributed by atoms with Gasteiger partial charge in [-0.3, -0.25) is 4.79 Å². The molecule has 11 heavy (non-hydrogen) atoms. The van der Waals surface area contributed by atoms with Crippen molar-refractivity contribution in [2.45, 2.75) is 6.92 Å². The SMILES string of the molecule is C=C(C)COCC(=C)C(N)=O. The van der Waals surface area contributed by atoms with Crippen LogP contribution in [0.5, 0.6) is 0 Å². The second kappa shape index (κ2) is 4.68. The lowest BCUT2D eigenvalue weighted by Gasteiger charge is -2.02. The van der Waals surface area contributed by atoms with Crippen molar-refractivity contribution in [1.29, 1.82) is 0 Å². The summed E-state index contributed by atoms with van der Waals surface area (Å²) in [6.07, 6.45) is 0. The molecule has 0 unspecified atom stereocenters. The third-order valence-electron chi connectivity index (χ3n) is 0.973. The van der Waals surface area contributed by atoms with Crippen LogP contribution in [0, 0.1) is 0 Å². The van der Waals surface area contributed by atoms with Crippen molar-refractivity contribution in [3.8, 4) is 0 Å². The lowest BCUT2D eigenvalue weighted by molar-refractivity contribution is -0.115. The van der Waals surface area contributed by atoms with E-state index in [0.29, 0.717) is 6.61 Å². The number of ether oxygens (including phenoxy) is 1. The summed E-state index contributed by atoms with van der Waals surface area (Å²) in [5.41, 5.74) is 6.10. The van der Waals surface area contributed by atoms with Crippen LogP contribution in [-0.2, 0) is 9.53 Å². The number of carbonyl (C=O) groups is 1. The highest BCUT2D eigenvalue weighted by Crippen LogP contribution is 1.93. The van der Waals surface area contributed by atoms with Gasteiger partial charge in [0.25, 0.3) is 0 Å². The molecular weight excluding hydrogens is 142 g/mol. The van der Waals surface area contributed by atoms with Crippen molar-refractivity contribution in [3.05, 3.63) is 24.3 Å². The average molecular weight is 155 g/mol. The van der Waals surface area contributed by atoms with E-state index in [1.54, 1.807) is 0 Å². The van der Waals surface area contributed by atoms with E-state index in [0.717, 1.165) is 5.57 Å². The van der Waals surface area contributed by atoms with E-state index < -0.39 is 5.91 Å². The zero-order chi connectivity index (χ0) is 8.85. The summed E-state index contributed by atoms with van der Waals surface area (Å²) in [5.74, 6) is -0.522. The van der Waals surface area contributed by atoms with Crippen LogP contribution >= 0.6 is 0 Å². The van der Waals surface area contributed by atoms with E-state index in [-0.39, 0.29) is 12.2 Å². The fourth-order valence-corrected chi connectivity index (χ4v) is 0.420. The van der Waals surface area contributed by atoms with Crippen LogP contribution < -0.4 is 5.73 Å². The van der Waals surface area contributed by atoms with Crippen LogP contribution in [0.2, 0.25) is 0 Å². The Morgan fingerprint density at radius 1 is 1.45 bits per heavy atom. The molecule has 0 radical (unpaired) electrons. The van der Waals surface area contributed by atoms with Crippen LogP contribution in [0.4, 0.5) is 0 Å². The molecule has 0 saturated heterocycles. The van der Waals surface area contributed by atoms with Crippen molar-refractivity contribution >= 4 is 5.91 Å². The van der Waals surface area contributed by atoms with Crippen LogP contribution in [-0.4, -0.2) is 19.1 Å².